The third-order valence-corrected chi connectivity index (χ3v) is 5.56. The molecule has 0 aliphatic carbocycles. The molecule has 0 saturated carbocycles. The molecule has 3 aromatic rings. The van der Waals surface area contributed by atoms with Crippen molar-refractivity contribution < 1.29 is 17.5 Å². The van der Waals surface area contributed by atoms with Gasteiger partial charge in [0.25, 0.3) is 5.56 Å². The van der Waals surface area contributed by atoms with Gasteiger partial charge in [0.15, 0.2) is 5.16 Å². The van der Waals surface area contributed by atoms with Crippen molar-refractivity contribution in [3.05, 3.63) is 71.0 Å². The maximum Gasteiger partial charge on any atom is 0.270 e. The SMILES string of the molecule is CCN(CC)CCSc1nc(O)c(-c2ccccc2)c(=O)n1-c1ccccc1.[Cl-]. The predicted octanol–water partition coefficient (Wildman–Crippen LogP) is 1.04. The van der Waals surface area contributed by atoms with Gasteiger partial charge in [-0.2, -0.15) is 4.98 Å². The molecule has 0 radical (unpaired) electrons. The fourth-order valence-electron chi connectivity index (χ4n) is 3.06. The lowest BCUT2D eigenvalue weighted by Gasteiger charge is -2.18. The molecule has 1 N–H and O–H groups in total. The Hall–Kier alpha value is -2.28. The molecule has 1 aromatic heterocycles. The van der Waals surface area contributed by atoms with Gasteiger partial charge in [-0.25, -0.2) is 0 Å². The van der Waals surface area contributed by atoms with E-state index in [9.17, 15) is 9.90 Å². The fourth-order valence-corrected chi connectivity index (χ4v) is 4.06. The zero-order valence-corrected chi connectivity index (χ0v) is 18.2. The van der Waals surface area contributed by atoms with Crippen LogP contribution in [0.25, 0.3) is 16.8 Å². The molecule has 29 heavy (non-hydrogen) atoms. The number of hydrogen-bond donors (Lipinski definition) is 1. The maximum absolute atomic E-state index is 13.4. The highest BCUT2D eigenvalue weighted by molar-refractivity contribution is 7.99. The second-order valence-corrected chi connectivity index (χ2v) is 7.37. The Morgan fingerprint density at radius 1 is 1.00 bits per heavy atom. The lowest BCUT2D eigenvalue weighted by molar-refractivity contribution is -0.00000695. The van der Waals surface area contributed by atoms with Gasteiger partial charge in [0, 0.05) is 12.3 Å². The van der Waals surface area contributed by atoms with E-state index in [1.165, 1.54) is 11.8 Å². The Labute approximate surface area is 181 Å². The number of benzene rings is 2. The van der Waals surface area contributed by atoms with Gasteiger partial charge in [-0.1, -0.05) is 74.1 Å². The van der Waals surface area contributed by atoms with Crippen LogP contribution in [0.3, 0.4) is 0 Å². The minimum Gasteiger partial charge on any atom is -1.00 e. The van der Waals surface area contributed by atoms with Gasteiger partial charge < -0.3 is 22.4 Å². The summed E-state index contributed by atoms with van der Waals surface area (Å²) in [6.45, 7) is 7.12. The first-order valence-electron chi connectivity index (χ1n) is 9.47. The van der Waals surface area contributed by atoms with Crippen LogP contribution in [0.5, 0.6) is 5.88 Å². The standard InChI is InChI=1S/C22H25N3O2S.ClH/c1-3-24(4-2)15-16-28-22-23-20(26)19(17-11-7-5-8-12-17)21(27)25(22)18-13-9-6-10-14-18;/h5-14,26H,3-4,15-16H2,1-2H3;1H/p-1. The molecule has 7 heteroatoms. The number of hydrogen-bond acceptors (Lipinski definition) is 5. The first-order chi connectivity index (χ1) is 13.7. The summed E-state index contributed by atoms with van der Waals surface area (Å²) in [6, 6.07) is 18.6. The van der Waals surface area contributed by atoms with Crippen molar-refractivity contribution in [1.82, 2.24) is 14.5 Å². The molecule has 0 unspecified atom stereocenters. The van der Waals surface area contributed by atoms with Crippen molar-refractivity contribution in [2.24, 2.45) is 0 Å². The highest BCUT2D eigenvalue weighted by Gasteiger charge is 2.19. The van der Waals surface area contributed by atoms with Gasteiger partial charge in [0.2, 0.25) is 5.88 Å². The minimum atomic E-state index is -0.268. The van der Waals surface area contributed by atoms with Crippen molar-refractivity contribution in [3.8, 4) is 22.7 Å². The third-order valence-electron chi connectivity index (χ3n) is 4.64. The number of nitrogens with zero attached hydrogens (tertiary/aromatic N) is 3. The molecule has 154 valence electrons. The zero-order valence-electron chi connectivity index (χ0n) is 16.6. The molecule has 0 spiro atoms. The summed E-state index contributed by atoms with van der Waals surface area (Å²) in [5, 5.41) is 11.1. The van der Waals surface area contributed by atoms with Gasteiger partial charge in [0.05, 0.1) is 5.69 Å². The summed E-state index contributed by atoms with van der Waals surface area (Å²) in [5.41, 5.74) is 1.34. The van der Waals surface area contributed by atoms with E-state index in [1.54, 1.807) is 16.7 Å². The first-order valence-corrected chi connectivity index (χ1v) is 10.5. The average molecular weight is 431 g/mol. The second-order valence-electron chi connectivity index (χ2n) is 6.31. The molecule has 0 amide bonds. The van der Waals surface area contributed by atoms with E-state index in [1.807, 2.05) is 48.5 Å². The molecule has 2 aromatic carbocycles. The van der Waals surface area contributed by atoms with Gasteiger partial charge in [0.1, 0.15) is 5.56 Å². The average Bonchev–Trinajstić information content (AvgIpc) is 2.72. The lowest BCUT2D eigenvalue weighted by atomic mass is 10.1. The molecule has 0 fully saturated rings. The van der Waals surface area contributed by atoms with Crippen LogP contribution in [0.15, 0.2) is 70.6 Å². The molecular weight excluding hydrogens is 406 g/mol. The Morgan fingerprint density at radius 3 is 2.17 bits per heavy atom. The van der Waals surface area contributed by atoms with Crippen molar-refractivity contribution in [2.75, 3.05) is 25.4 Å². The fraction of sp³-hybridized carbons (Fsp3) is 0.273. The van der Waals surface area contributed by atoms with E-state index in [0.717, 1.165) is 31.1 Å². The van der Waals surface area contributed by atoms with E-state index in [4.69, 9.17) is 0 Å². The largest absolute Gasteiger partial charge is 1.00 e. The van der Waals surface area contributed by atoms with Crippen LogP contribution in [0.2, 0.25) is 0 Å². The number of halogens is 1. The Kier molecular flexibility index (Phi) is 8.76. The van der Waals surface area contributed by atoms with E-state index in [0.29, 0.717) is 10.7 Å². The summed E-state index contributed by atoms with van der Waals surface area (Å²) in [7, 11) is 0. The predicted molar refractivity (Wildman–Crippen MR) is 115 cm³/mol. The van der Waals surface area contributed by atoms with Gasteiger partial charge >= 0.3 is 0 Å². The molecule has 0 atom stereocenters. The van der Waals surface area contributed by atoms with E-state index < -0.39 is 0 Å². The van der Waals surface area contributed by atoms with Crippen LogP contribution in [-0.4, -0.2) is 44.9 Å². The van der Waals surface area contributed by atoms with Crippen LogP contribution in [0.4, 0.5) is 0 Å². The van der Waals surface area contributed by atoms with Crippen LogP contribution < -0.4 is 18.0 Å². The summed E-state index contributed by atoms with van der Waals surface area (Å²) in [6.07, 6.45) is 0. The van der Waals surface area contributed by atoms with Crippen molar-refractivity contribution in [1.29, 1.82) is 0 Å². The second kappa shape index (κ2) is 11.0. The molecule has 0 bridgehead atoms. The smallest absolute Gasteiger partial charge is 0.270 e. The summed E-state index contributed by atoms with van der Waals surface area (Å²) in [5.74, 6) is 0.555. The molecular formula is C22H25ClN3O2S-. The summed E-state index contributed by atoms with van der Waals surface area (Å²) in [4.78, 5) is 20.1. The molecule has 0 aliphatic rings. The minimum absolute atomic E-state index is 0. The molecule has 0 aliphatic heterocycles. The van der Waals surface area contributed by atoms with Crippen molar-refractivity contribution in [3.63, 3.8) is 0 Å². The number of aromatic hydroxyl groups is 1. The number of thioether (sulfide) groups is 1. The topological polar surface area (TPSA) is 58.4 Å². The first kappa shape index (κ1) is 23.0. The third kappa shape index (κ3) is 5.41. The van der Waals surface area contributed by atoms with Crippen LogP contribution in [0.1, 0.15) is 13.8 Å². The monoisotopic (exact) mass is 430 g/mol. The Balaban J connectivity index is 0.00000300. The van der Waals surface area contributed by atoms with Gasteiger partial charge in [-0.3, -0.25) is 9.36 Å². The lowest BCUT2D eigenvalue weighted by Crippen LogP contribution is -3.00. The van der Waals surface area contributed by atoms with Gasteiger partial charge in [-0.15, -0.1) is 0 Å². The summed E-state index contributed by atoms with van der Waals surface area (Å²) >= 11 is 1.48. The number of aromatic nitrogens is 2. The molecule has 3 rings (SSSR count). The number of para-hydroxylation sites is 1. The van der Waals surface area contributed by atoms with Crippen LogP contribution in [0, 0.1) is 0 Å². The quantitative estimate of drug-likeness (QED) is 0.427. The van der Waals surface area contributed by atoms with Gasteiger partial charge in [-0.05, 0) is 30.8 Å². The van der Waals surface area contributed by atoms with E-state index >= 15 is 0 Å². The highest BCUT2D eigenvalue weighted by Crippen LogP contribution is 2.28. The molecule has 0 saturated heterocycles. The highest BCUT2D eigenvalue weighted by atomic mass is 35.5. The van der Waals surface area contributed by atoms with Crippen LogP contribution >= 0.6 is 11.8 Å². The maximum atomic E-state index is 13.4. The zero-order chi connectivity index (χ0) is 19.9. The Bertz CT molecular complexity index is 961. The summed E-state index contributed by atoms with van der Waals surface area (Å²) < 4.78 is 1.59. The molecule has 5 nitrogen and oxygen atoms in total. The Morgan fingerprint density at radius 2 is 1.59 bits per heavy atom. The van der Waals surface area contributed by atoms with E-state index in [-0.39, 0.29) is 29.4 Å². The normalized spacial score (nSPS) is 10.7. The van der Waals surface area contributed by atoms with Crippen molar-refractivity contribution in [2.45, 2.75) is 19.0 Å². The number of rotatable bonds is 8. The van der Waals surface area contributed by atoms with Crippen molar-refractivity contribution >= 4 is 11.8 Å². The van der Waals surface area contributed by atoms with Crippen LogP contribution in [-0.2, 0) is 0 Å². The van der Waals surface area contributed by atoms with E-state index in [2.05, 4.69) is 23.7 Å². The molecule has 1 heterocycles.